The van der Waals surface area contributed by atoms with E-state index >= 15 is 0 Å². The van der Waals surface area contributed by atoms with Gasteiger partial charge in [0.1, 0.15) is 23.5 Å². The van der Waals surface area contributed by atoms with Crippen LogP contribution in [0.1, 0.15) is 11.1 Å². The Balaban J connectivity index is 1.31. The number of fused-ring (bicyclic) bond motifs is 1. The van der Waals surface area contributed by atoms with Crippen LogP contribution in [0.2, 0.25) is 0 Å². The van der Waals surface area contributed by atoms with Crippen LogP contribution in [0.25, 0.3) is 16.6 Å². The monoisotopic (exact) mass is 508 g/mol. The lowest BCUT2D eigenvalue weighted by molar-refractivity contribution is 0.242. The number of hydrogen-bond acceptors (Lipinski definition) is 5. The number of nitriles is 1. The van der Waals surface area contributed by atoms with Gasteiger partial charge in [0.25, 0.3) is 0 Å². The van der Waals surface area contributed by atoms with Crippen molar-refractivity contribution in [1.29, 1.82) is 5.26 Å². The van der Waals surface area contributed by atoms with E-state index in [9.17, 15) is 14.0 Å². The molecule has 9 heteroatoms. The van der Waals surface area contributed by atoms with Crippen LogP contribution in [-0.2, 0) is 6.54 Å². The second kappa shape index (κ2) is 8.89. The molecule has 3 aromatic heterocycles. The van der Waals surface area contributed by atoms with Crippen LogP contribution >= 0.6 is 15.9 Å². The van der Waals surface area contributed by atoms with Crippen LogP contribution in [0.5, 0.6) is 0 Å². The minimum atomic E-state index is -0.505. The predicted octanol–water partition coefficient (Wildman–Crippen LogP) is 4.63. The van der Waals surface area contributed by atoms with Crippen LogP contribution < -0.4 is 4.90 Å². The van der Waals surface area contributed by atoms with Gasteiger partial charge in [-0.25, -0.2) is 18.3 Å². The van der Waals surface area contributed by atoms with Crippen molar-refractivity contribution in [3.05, 3.63) is 82.2 Å². The fourth-order valence-corrected chi connectivity index (χ4v) is 4.59. The number of halogens is 3. The molecule has 0 saturated carbocycles. The first kappa shape index (κ1) is 21.5. The third-order valence-electron chi connectivity index (χ3n) is 5.90. The molecule has 4 aromatic rings. The van der Waals surface area contributed by atoms with Gasteiger partial charge in [0, 0.05) is 66.3 Å². The second-order valence-corrected chi connectivity index (χ2v) is 8.82. The SMILES string of the molecule is N#Cc1cnn2cc(Br)cc(-c3ccc(N4CCN(Cc5c(F)cccc5F)CC4)nc3)c12. The second-order valence-electron chi connectivity index (χ2n) is 7.90. The van der Waals surface area contributed by atoms with E-state index in [1.165, 1.54) is 18.2 Å². The average Bonchev–Trinajstić information content (AvgIpc) is 3.24. The molecule has 5 rings (SSSR count). The van der Waals surface area contributed by atoms with E-state index < -0.39 is 11.6 Å². The van der Waals surface area contributed by atoms with Crippen LogP contribution in [0, 0.1) is 23.0 Å². The summed E-state index contributed by atoms with van der Waals surface area (Å²) in [6.45, 7) is 3.05. The molecule has 6 nitrogen and oxygen atoms in total. The lowest BCUT2D eigenvalue weighted by Gasteiger charge is -2.35. The van der Waals surface area contributed by atoms with E-state index in [0.29, 0.717) is 31.7 Å². The van der Waals surface area contributed by atoms with Gasteiger partial charge in [0.2, 0.25) is 0 Å². The number of benzene rings is 1. The minimum Gasteiger partial charge on any atom is -0.354 e. The van der Waals surface area contributed by atoms with E-state index in [1.54, 1.807) is 16.9 Å². The summed E-state index contributed by atoms with van der Waals surface area (Å²) < 4.78 is 30.5. The van der Waals surface area contributed by atoms with Gasteiger partial charge in [0.15, 0.2) is 0 Å². The predicted molar refractivity (Wildman–Crippen MR) is 125 cm³/mol. The molecule has 1 fully saturated rings. The molecular formula is C24H19BrF2N6. The van der Waals surface area contributed by atoms with Crippen molar-refractivity contribution in [1.82, 2.24) is 19.5 Å². The van der Waals surface area contributed by atoms with Crippen molar-refractivity contribution in [2.24, 2.45) is 0 Å². The van der Waals surface area contributed by atoms with Crippen molar-refractivity contribution in [3.63, 3.8) is 0 Å². The first-order valence-electron chi connectivity index (χ1n) is 10.5. The largest absolute Gasteiger partial charge is 0.354 e. The smallest absolute Gasteiger partial charge is 0.130 e. The highest BCUT2D eigenvalue weighted by Gasteiger charge is 2.21. The normalized spacial score (nSPS) is 14.5. The Kier molecular flexibility index (Phi) is 5.79. The fourth-order valence-electron chi connectivity index (χ4n) is 4.17. The molecule has 1 aliphatic rings. The van der Waals surface area contributed by atoms with Gasteiger partial charge in [-0.3, -0.25) is 4.90 Å². The maximum Gasteiger partial charge on any atom is 0.130 e. The van der Waals surface area contributed by atoms with Gasteiger partial charge in [-0.15, -0.1) is 0 Å². The molecule has 0 aliphatic carbocycles. The lowest BCUT2D eigenvalue weighted by Crippen LogP contribution is -2.46. The van der Waals surface area contributed by atoms with Gasteiger partial charge in [-0.05, 0) is 46.3 Å². The topological polar surface area (TPSA) is 60.5 Å². The molecule has 1 saturated heterocycles. The molecule has 0 atom stereocenters. The van der Waals surface area contributed by atoms with Crippen molar-refractivity contribution in [2.75, 3.05) is 31.1 Å². The van der Waals surface area contributed by atoms with Crippen molar-refractivity contribution >= 4 is 27.3 Å². The number of anilines is 1. The zero-order valence-corrected chi connectivity index (χ0v) is 19.1. The third kappa shape index (κ3) is 4.19. The molecule has 0 unspecified atom stereocenters. The van der Waals surface area contributed by atoms with Crippen molar-refractivity contribution < 1.29 is 8.78 Å². The lowest BCUT2D eigenvalue weighted by atomic mass is 10.1. The number of hydrogen-bond donors (Lipinski definition) is 0. The maximum atomic E-state index is 14.0. The summed E-state index contributed by atoms with van der Waals surface area (Å²) in [6, 6.07) is 12.1. The van der Waals surface area contributed by atoms with Gasteiger partial charge in [0.05, 0.1) is 17.3 Å². The highest BCUT2D eigenvalue weighted by molar-refractivity contribution is 9.10. The summed E-state index contributed by atoms with van der Waals surface area (Å²) in [4.78, 5) is 8.86. The van der Waals surface area contributed by atoms with Crippen LogP contribution in [0.4, 0.5) is 14.6 Å². The van der Waals surface area contributed by atoms with Gasteiger partial charge in [-0.1, -0.05) is 6.07 Å². The van der Waals surface area contributed by atoms with Crippen LogP contribution in [0.3, 0.4) is 0 Å². The Morgan fingerprint density at radius 2 is 1.79 bits per heavy atom. The van der Waals surface area contributed by atoms with Gasteiger partial charge >= 0.3 is 0 Å². The molecule has 1 aromatic carbocycles. The van der Waals surface area contributed by atoms with Gasteiger partial charge < -0.3 is 4.90 Å². The van der Waals surface area contributed by atoms with Crippen molar-refractivity contribution in [2.45, 2.75) is 6.54 Å². The highest BCUT2D eigenvalue weighted by atomic mass is 79.9. The minimum absolute atomic E-state index is 0.116. The molecule has 0 bridgehead atoms. The van der Waals surface area contributed by atoms with Crippen LogP contribution in [-0.4, -0.2) is 45.7 Å². The quantitative estimate of drug-likeness (QED) is 0.402. The first-order chi connectivity index (χ1) is 16.0. The molecule has 33 heavy (non-hydrogen) atoms. The number of pyridine rings is 2. The number of nitrogens with zero attached hydrogens (tertiary/aromatic N) is 6. The summed E-state index contributed by atoms with van der Waals surface area (Å²) in [5.41, 5.74) is 3.11. The molecule has 0 N–H and O–H groups in total. The van der Waals surface area contributed by atoms with E-state index in [0.717, 1.165) is 26.9 Å². The van der Waals surface area contributed by atoms with E-state index in [1.807, 2.05) is 29.3 Å². The standard InChI is InChI=1S/C24H19BrF2N6/c25-18-10-19(24-17(11-28)13-30-33(24)14-18)16-4-5-23(29-12-16)32-8-6-31(7-9-32)15-20-21(26)2-1-3-22(20)27/h1-5,10,12-14H,6-9,15H2. The Morgan fingerprint density at radius 3 is 2.45 bits per heavy atom. The maximum absolute atomic E-state index is 14.0. The molecular weight excluding hydrogens is 490 g/mol. The summed E-state index contributed by atoms with van der Waals surface area (Å²) in [6.07, 6.45) is 5.17. The Bertz CT molecular complexity index is 1330. The first-order valence-corrected chi connectivity index (χ1v) is 11.3. The molecule has 0 spiro atoms. The summed E-state index contributed by atoms with van der Waals surface area (Å²) in [5, 5.41) is 13.7. The van der Waals surface area contributed by atoms with E-state index in [-0.39, 0.29) is 12.1 Å². The number of piperazine rings is 1. The number of rotatable bonds is 4. The van der Waals surface area contributed by atoms with E-state index in [2.05, 4.69) is 37.0 Å². The zero-order chi connectivity index (χ0) is 22.9. The molecule has 0 amide bonds. The summed E-state index contributed by atoms with van der Waals surface area (Å²) in [7, 11) is 0. The molecule has 4 heterocycles. The van der Waals surface area contributed by atoms with Gasteiger partial charge in [-0.2, -0.15) is 10.4 Å². The average molecular weight is 509 g/mol. The Morgan fingerprint density at radius 1 is 1.03 bits per heavy atom. The van der Waals surface area contributed by atoms with Crippen molar-refractivity contribution in [3.8, 4) is 17.2 Å². The third-order valence-corrected chi connectivity index (χ3v) is 6.33. The zero-order valence-electron chi connectivity index (χ0n) is 17.5. The summed E-state index contributed by atoms with van der Waals surface area (Å²) in [5.74, 6) is -0.168. The molecule has 1 aliphatic heterocycles. The molecule has 0 radical (unpaired) electrons. The molecule has 166 valence electrons. The highest BCUT2D eigenvalue weighted by Crippen LogP contribution is 2.30. The van der Waals surface area contributed by atoms with Crippen LogP contribution in [0.15, 0.2) is 59.5 Å². The summed E-state index contributed by atoms with van der Waals surface area (Å²) >= 11 is 3.50. The Labute approximate surface area is 197 Å². The fraction of sp³-hybridized carbons (Fsp3) is 0.208. The van der Waals surface area contributed by atoms with E-state index in [4.69, 9.17) is 0 Å². The number of aromatic nitrogens is 3. The Hall–Kier alpha value is -3.35.